The minimum atomic E-state index is -3.21. The van der Waals surface area contributed by atoms with E-state index in [1.165, 1.54) is 0 Å². The van der Waals surface area contributed by atoms with Crippen LogP contribution in [-0.4, -0.2) is 20.7 Å². The molecule has 0 unspecified atom stereocenters. The SMILES string of the molecule is Cc1cc(C)cc(CS(=O)(=O)CCN=[N+]=[N-])c1. The fourth-order valence-corrected chi connectivity index (χ4v) is 2.88. The molecule has 0 aliphatic heterocycles. The number of hydrogen-bond donors (Lipinski definition) is 0. The maximum Gasteiger partial charge on any atom is 0.154 e. The van der Waals surface area contributed by atoms with Gasteiger partial charge in [-0.3, -0.25) is 0 Å². The lowest BCUT2D eigenvalue weighted by molar-refractivity contribution is 0.595. The van der Waals surface area contributed by atoms with Gasteiger partial charge in [-0.15, -0.1) is 0 Å². The van der Waals surface area contributed by atoms with Crippen LogP contribution in [0.1, 0.15) is 16.7 Å². The van der Waals surface area contributed by atoms with Gasteiger partial charge in [0.1, 0.15) is 0 Å². The lowest BCUT2D eigenvalue weighted by atomic mass is 10.1. The predicted octanol–water partition coefficient (Wildman–Crippen LogP) is 2.53. The minimum Gasteiger partial charge on any atom is -0.228 e. The Bertz CT molecular complexity index is 526. The van der Waals surface area contributed by atoms with Gasteiger partial charge in [0.2, 0.25) is 0 Å². The van der Waals surface area contributed by atoms with E-state index in [-0.39, 0.29) is 18.1 Å². The van der Waals surface area contributed by atoms with Crippen molar-refractivity contribution in [3.05, 3.63) is 45.3 Å². The number of sulfone groups is 1. The third-order valence-corrected chi connectivity index (χ3v) is 3.81. The third kappa shape index (κ3) is 4.89. The van der Waals surface area contributed by atoms with Crippen molar-refractivity contribution in [3.63, 3.8) is 0 Å². The molecule has 5 nitrogen and oxygen atoms in total. The van der Waals surface area contributed by atoms with Crippen molar-refractivity contribution >= 4 is 9.84 Å². The first-order chi connectivity index (χ1) is 7.93. The molecule has 0 aliphatic carbocycles. The summed E-state index contributed by atoms with van der Waals surface area (Å²) in [5.41, 5.74) is 11.0. The molecule has 1 aromatic rings. The second-order valence-corrected chi connectivity index (χ2v) is 6.23. The van der Waals surface area contributed by atoms with Gasteiger partial charge in [-0.25, -0.2) is 8.42 Å². The zero-order valence-electron chi connectivity index (χ0n) is 9.92. The molecule has 0 bridgehead atoms. The summed E-state index contributed by atoms with van der Waals surface area (Å²) in [5.74, 6) is -0.111. The van der Waals surface area contributed by atoms with Crippen LogP contribution >= 0.6 is 0 Å². The van der Waals surface area contributed by atoms with E-state index in [2.05, 4.69) is 10.0 Å². The highest BCUT2D eigenvalue weighted by Crippen LogP contribution is 2.12. The van der Waals surface area contributed by atoms with Gasteiger partial charge in [0.15, 0.2) is 9.84 Å². The number of benzene rings is 1. The molecule has 17 heavy (non-hydrogen) atoms. The molecule has 0 saturated heterocycles. The first kappa shape index (κ1) is 13.5. The molecule has 0 heterocycles. The molecule has 0 aromatic heterocycles. The molecule has 0 amide bonds. The molecule has 0 atom stereocenters. The number of hydrogen-bond acceptors (Lipinski definition) is 3. The summed E-state index contributed by atoms with van der Waals surface area (Å²) in [6.07, 6.45) is 0. The van der Waals surface area contributed by atoms with Crippen molar-refractivity contribution in [2.45, 2.75) is 19.6 Å². The number of azide groups is 1. The van der Waals surface area contributed by atoms with Gasteiger partial charge in [-0.05, 0) is 24.9 Å². The van der Waals surface area contributed by atoms with Crippen molar-refractivity contribution < 1.29 is 8.42 Å². The van der Waals surface area contributed by atoms with Crippen molar-refractivity contribution in [2.75, 3.05) is 12.3 Å². The van der Waals surface area contributed by atoms with E-state index < -0.39 is 9.84 Å². The molecule has 0 spiro atoms. The van der Waals surface area contributed by atoms with E-state index in [9.17, 15) is 8.42 Å². The van der Waals surface area contributed by atoms with Crippen LogP contribution in [0.5, 0.6) is 0 Å². The van der Waals surface area contributed by atoms with Gasteiger partial charge in [0, 0.05) is 11.5 Å². The van der Waals surface area contributed by atoms with Crippen LogP contribution in [0.15, 0.2) is 23.3 Å². The Balaban J connectivity index is 2.79. The fraction of sp³-hybridized carbons (Fsp3) is 0.455. The van der Waals surface area contributed by atoms with Gasteiger partial charge in [0.05, 0.1) is 11.5 Å². The molecule has 1 aromatic carbocycles. The Morgan fingerprint density at radius 3 is 2.35 bits per heavy atom. The zero-order chi connectivity index (χ0) is 12.9. The summed E-state index contributed by atoms with van der Waals surface area (Å²) in [5, 5.41) is 3.24. The summed E-state index contributed by atoms with van der Waals surface area (Å²) < 4.78 is 23.4. The molecule has 92 valence electrons. The number of nitrogens with zero attached hydrogens (tertiary/aromatic N) is 3. The van der Waals surface area contributed by atoms with Crippen molar-refractivity contribution in [1.29, 1.82) is 0 Å². The standard InChI is InChI=1S/C11H15N3O2S/c1-9-5-10(2)7-11(6-9)8-17(15,16)4-3-13-14-12/h5-7H,3-4,8H2,1-2H3. The van der Waals surface area contributed by atoms with E-state index in [4.69, 9.17) is 5.53 Å². The smallest absolute Gasteiger partial charge is 0.154 e. The van der Waals surface area contributed by atoms with Crippen LogP contribution < -0.4 is 0 Å². The number of rotatable bonds is 5. The first-order valence-corrected chi connectivity index (χ1v) is 7.03. The quantitative estimate of drug-likeness (QED) is 0.459. The van der Waals surface area contributed by atoms with E-state index in [1.807, 2.05) is 32.0 Å². The molecule has 1 rings (SSSR count). The van der Waals surface area contributed by atoms with Gasteiger partial charge in [-0.2, -0.15) is 0 Å². The van der Waals surface area contributed by atoms with Crippen LogP contribution in [-0.2, 0) is 15.6 Å². The van der Waals surface area contributed by atoms with E-state index in [1.54, 1.807) is 0 Å². The number of aryl methyl sites for hydroxylation is 2. The van der Waals surface area contributed by atoms with Crippen molar-refractivity contribution in [3.8, 4) is 0 Å². The highest BCUT2D eigenvalue weighted by molar-refractivity contribution is 7.90. The Labute approximate surface area is 101 Å². The van der Waals surface area contributed by atoms with Crippen LogP contribution in [0.3, 0.4) is 0 Å². The monoisotopic (exact) mass is 253 g/mol. The van der Waals surface area contributed by atoms with Crippen LogP contribution in [0.4, 0.5) is 0 Å². The van der Waals surface area contributed by atoms with E-state index in [0.29, 0.717) is 0 Å². The first-order valence-electron chi connectivity index (χ1n) is 5.21. The maximum absolute atomic E-state index is 11.7. The summed E-state index contributed by atoms with van der Waals surface area (Å²) >= 11 is 0. The molecular weight excluding hydrogens is 238 g/mol. The fourth-order valence-electron chi connectivity index (χ4n) is 1.70. The summed E-state index contributed by atoms with van der Waals surface area (Å²) in [4.78, 5) is 2.53. The Morgan fingerprint density at radius 2 is 1.82 bits per heavy atom. The van der Waals surface area contributed by atoms with Crippen LogP contribution in [0.2, 0.25) is 0 Å². The summed E-state index contributed by atoms with van der Waals surface area (Å²) in [7, 11) is -3.21. The van der Waals surface area contributed by atoms with Gasteiger partial charge in [0.25, 0.3) is 0 Å². The second kappa shape index (κ2) is 5.70. The highest BCUT2D eigenvalue weighted by Gasteiger charge is 2.11. The van der Waals surface area contributed by atoms with Gasteiger partial charge < -0.3 is 0 Å². The Hall–Kier alpha value is -1.52. The minimum absolute atomic E-state index is 0.00350. The molecule has 0 N–H and O–H groups in total. The zero-order valence-corrected chi connectivity index (χ0v) is 10.7. The van der Waals surface area contributed by atoms with Crippen molar-refractivity contribution in [2.24, 2.45) is 5.11 Å². The second-order valence-electron chi connectivity index (χ2n) is 4.04. The van der Waals surface area contributed by atoms with E-state index >= 15 is 0 Å². The van der Waals surface area contributed by atoms with E-state index in [0.717, 1.165) is 16.7 Å². The molecule has 0 fully saturated rings. The molecule has 0 aliphatic rings. The summed E-state index contributed by atoms with van der Waals surface area (Å²) in [6.45, 7) is 3.86. The van der Waals surface area contributed by atoms with Gasteiger partial charge >= 0.3 is 0 Å². The molecule has 6 heteroatoms. The molecule has 0 radical (unpaired) electrons. The largest absolute Gasteiger partial charge is 0.228 e. The van der Waals surface area contributed by atoms with Gasteiger partial charge in [-0.1, -0.05) is 34.4 Å². The summed E-state index contributed by atoms with van der Waals surface area (Å²) in [6, 6.07) is 5.71. The topological polar surface area (TPSA) is 82.9 Å². The third-order valence-electron chi connectivity index (χ3n) is 2.23. The van der Waals surface area contributed by atoms with Crippen LogP contribution in [0, 0.1) is 13.8 Å². The normalized spacial score (nSPS) is 10.9. The maximum atomic E-state index is 11.7. The molecular formula is C11H15N3O2S. The average molecular weight is 253 g/mol. The lowest BCUT2D eigenvalue weighted by Gasteiger charge is -2.05. The average Bonchev–Trinajstić information content (AvgIpc) is 2.14. The Morgan fingerprint density at radius 1 is 1.24 bits per heavy atom. The predicted molar refractivity (Wildman–Crippen MR) is 67.4 cm³/mol. The van der Waals surface area contributed by atoms with Crippen molar-refractivity contribution in [1.82, 2.24) is 0 Å². The lowest BCUT2D eigenvalue weighted by Crippen LogP contribution is -2.11. The van der Waals surface area contributed by atoms with Crippen LogP contribution in [0.25, 0.3) is 10.4 Å². The molecule has 0 saturated carbocycles. The Kier molecular flexibility index (Phi) is 4.54. The highest BCUT2D eigenvalue weighted by atomic mass is 32.2.